The number of hydrogen-bond donors (Lipinski definition) is 1. The Hall–Kier alpha value is -1.51. The summed E-state index contributed by atoms with van der Waals surface area (Å²) in [7, 11) is 0. The average Bonchev–Trinajstić information content (AvgIpc) is 2.02. The molecule has 0 amide bonds. The van der Waals surface area contributed by atoms with Crippen molar-refractivity contribution >= 4 is 5.97 Å². The van der Waals surface area contributed by atoms with E-state index in [1.807, 2.05) is 6.92 Å². The van der Waals surface area contributed by atoms with Crippen molar-refractivity contribution in [1.82, 2.24) is 0 Å². The van der Waals surface area contributed by atoms with Gasteiger partial charge in [-0.05, 0) is 30.7 Å². The van der Waals surface area contributed by atoms with Crippen LogP contribution in [0.1, 0.15) is 22.8 Å². The predicted octanol–water partition coefficient (Wildman–Crippen LogP) is 1.49. The molecule has 13 heavy (non-hydrogen) atoms. The summed E-state index contributed by atoms with van der Waals surface area (Å²) in [4.78, 5) is 11.3. The lowest BCUT2D eigenvalue weighted by molar-refractivity contribution is 0.0301. The van der Waals surface area contributed by atoms with Gasteiger partial charge in [0.1, 0.15) is 11.9 Å². The monoisotopic (exact) mass is 178 g/mol. The van der Waals surface area contributed by atoms with Crippen molar-refractivity contribution < 1.29 is 14.6 Å². The number of phenolic OH excluding ortho intramolecular Hbond substituents is 1. The number of fused-ring (bicyclic) bond motifs is 1. The fraction of sp³-hybridized carbons (Fsp3) is 0.300. The maximum atomic E-state index is 11.3. The Bertz CT molecular complexity index is 357. The molecule has 2 rings (SSSR count). The molecule has 0 radical (unpaired) electrons. The highest BCUT2D eigenvalue weighted by atomic mass is 16.5. The molecule has 1 aromatic carbocycles. The zero-order valence-electron chi connectivity index (χ0n) is 7.28. The van der Waals surface area contributed by atoms with Gasteiger partial charge in [0.15, 0.2) is 0 Å². The Morgan fingerprint density at radius 1 is 1.54 bits per heavy atom. The number of carbonyl (C=O) groups excluding carboxylic acids is 1. The zero-order chi connectivity index (χ0) is 9.42. The number of aromatic hydroxyl groups is 1. The number of hydrogen-bond acceptors (Lipinski definition) is 3. The van der Waals surface area contributed by atoms with Crippen LogP contribution in [0, 0.1) is 0 Å². The minimum atomic E-state index is -0.297. The van der Waals surface area contributed by atoms with Crippen molar-refractivity contribution in [3.63, 3.8) is 0 Å². The van der Waals surface area contributed by atoms with Gasteiger partial charge in [-0.25, -0.2) is 4.79 Å². The van der Waals surface area contributed by atoms with Crippen molar-refractivity contribution in [3.8, 4) is 5.75 Å². The first-order valence-corrected chi connectivity index (χ1v) is 4.19. The summed E-state index contributed by atoms with van der Waals surface area (Å²) < 4.78 is 5.03. The molecule has 0 saturated carbocycles. The maximum Gasteiger partial charge on any atom is 0.338 e. The van der Waals surface area contributed by atoms with Gasteiger partial charge in [0.25, 0.3) is 0 Å². The third-order valence-electron chi connectivity index (χ3n) is 2.12. The normalized spacial score (nSPS) is 20.7. The van der Waals surface area contributed by atoms with E-state index < -0.39 is 0 Å². The second-order valence-electron chi connectivity index (χ2n) is 3.26. The van der Waals surface area contributed by atoms with Crippen LogP contribution in [0.15, 0.2) is 18.2 Å². The number of carbonyl (C=O) groups is 1. The van der Waals surface area contributed by atoms with Crippen LogP contribution in [-0.2, 0) is 11.2 Å². The second kappa shape index (κ2) is 2.76. The number of phenols is 1. The fourth-order valence-electron chi connectivity index (χ4n) is 1.55. The highest BCUT2D eigenvalue weighted by molar-refractivity contribution is 5.92. The number of esters is 1. The molecule has 0 saturated heterocycles. The summed E-state index contributed by atoms with van der Waals surface area (Å²) in [6, 6.07) is 4.71. The lowest BCUT2D eigenvalue weighted by Crippen LogP contribution is -2.24. The molecule has 0 bridgehead atoms. The van der Waals surface area contributed by atoms with Crippen LogP contribution in [0.25, 0.3) is 0 Å². The van der Waals surface area contributed by atoms with Crippen molar-refractivity contribution in [2.75, 3.05) is 0 Å². The predicted molar refractivity (Wildman–Crippen MR) is 46.7 cm³/mol. The molecule has 0 aromatic heterocycles. The quantitative estimate of drug-likeness (QED) is 0.612. The van der Waals surface area contributed by atoms with E-state index in [-0.39, 0.29) is 17.8 Å². The van der Waals surface area contributed by atoms with Gasteiger partial charge in [0.05, 0.1) is 5.56 Å². The molecule has 1 unspecified atom stereocenters. The van der Waals surface area contributed by atoms with E-state index in [1.165, 1.54) is 6.07 Å². The molecule has 1 aliphatic heterocycles. The standard InChI is InChI=1S/C10H10O3/c1-6-4-7-5-8(11)2-3-9(7)10(12)13-6/h2-3,5-6,11H,4H2,1H3. The van der Waals surface area contributed by atoms with Crippen molar-refractivity contribution in [1.29, 1.82) is 0 Å². The van der Waals surface area contributed by atoms with Crippen molar-refractivity contribution in [3.05, 3.63) is 29.3 Å². The summed E-state index contributed by atoms with van der Waals surface area (Å²) in [5, 5.41) is 9.21. The zero-order valence-corrected chi connectivity index (χ0v) is 7.28. The van der Waals surface area contributed by atoms with Crippen LogP contribution < -0.4 is 0 Å². The van der Waals surface area contributed by atoms with E-state index in [9.17, 15) is 9.90 Å². The first-order valence-electron chi connectivity index (χ1n) is 4.19. The Kier molecular flexibility index (Phi) is 1.72. The summed E-state index contributed by atoms with van der Waals surface area (Å²) in [6.45, 7) is 1.84. The maximum absolute atomic E-state index is 11.3. The Balaban J connectivity index is 2.49. The number of cyclic esters (lactones) is 1. The van der Waals surface area contributed by atoms with E-state index in [2.05, 4.69) is 0 Å². The molecule has 3 nitrogen and oxygen atoms in total. The number of rotatable bonds is 0. The SMILES string of the molecule is CC1Cc2cc(O)ccc2C(=O)O1. The van der Waals surface area contributed by atoms with Gasteiger partial charge in [0, 0.05) is 6.42 Å². The van der Waals surface area contributed by atoms with Gasteiger partial charge < -0.3 is 9.84 Å². The summed E-state index contributed by atoms with van der Waals surface area (Å²) in [5.74, 6) is -0.102. The van der Waals surface area contributed by atoms with Gasteiger partial charge in [-0.2, -0.15) is 0 Å². The number of benzene rings is 1. The molecule has 3 heteroatoms. The van der Waals surface area contributed by atoms with Crippen molar-refractivity contribution in [2.24, 2.45) is 0 Å². The summed E-state index contributed by atoms with van der Waals surface area (Å²) in [6.07, 6.45) is 0.581. The molecule has 68 valence electrons. The lowest BCUT2D eigenvalue weighted by atomic mass is 9.99. The van der Waals surface area contributed by atoms with Gasteiger partial charge in [-0.3, -0.25) is 0 Å². The fourth-order valence-corrected chi connectivity index (χ4v) is 1.55. The van der Waals surface area contributed by atoms with Crippen molar-refractivity contribution in [2.45, 2.75) is 19.4 Å². The number of ether oxygens (including phenoxy) is 1. The minimum Gasteiger partial charge on any atom is -0.508 e. The average molecular weight is 178 g/mol. The minimum absolute atomic E-state index is 0.0956. The molecule has 1 N–H and O–H groups in total. The van der Waals surface area contributed by atoms with E-state index in [0.717, 1.165) is 5.56 Å². The van der Waals surface area contributed by atoms with E-state index >= 15 is 0 Å². The molecule has 0 fully saturated rings. The van der Waals surface area contributed by atoms with Crippen LogP contribution in [0.3, 0.4) is 0 Å². The molecular weight excluding hydrogens is 168 g/mol. The molecule has 0 aliphatic carbocycles. The molecule has 1 aromatic rings. The summed E-state index contributed by atoms with van der Waals surface area (Å²) >= 11 is 0. The molecule has 1 atom stereocenters. The lowest BCUT2D eigenvalue weighted by Gasteiger charge is -2.21. The molecule has 1 heterocycles. The van der Waals surface area contributed by atoms with Crippen LogP contribution in [0.2, 0.25) is 0 Å². The molecular formula is C10H10O3. The van der Waals surface area contributed by atoms with Gasteiger partial charge >= 0.3 is 5.97 Å². The third kappa shape index (κ3) is 1.37. The Morgan fingerprint density at radius 3 is 3.08 bits per heavy atom. The second-order valence-corrected chi connectivity index (χ2v) is 3.26. The van der Waals surface area contributed by atoms with E-state index in [0.29, 0.717) is 12.0 Å². The molecule has 1 aliphatic rings. The van der Waals surface area contributed by atoms with Gasteiger partial charge in [-0.1, -0.05) is 0 Å². The highest BCUT2D eigenvalue weighted by Gasteiger charge is 2.23. The van der Waals surface area contributed by atoms with E-state index in [1.54, 1.807) is 12.1 Å². The summed E-state index contributed by atoms with van der Waals surface area (Å²) in [5.41, 5.74) is 1.43. The van der Waals surface area contributed by atoms with Gasteiger partial charge in [-0.15, -0.1) is 0 Å². The van der Waals surface area contributed by atoms with Crippen LogP contribution >= 0.6 is 0 Å². The Labute approximate surface area is 76.0 Å². The van der Waals surface area contributed by atoms with Crippen LogP contribution in [0.4, 0.5) is 0 Å². The first-order chi connectivity index (χ1) is 6.16. The first kappa shape index (κ1) is 8.10. The molecule has 0 spiro atoms. The largest absolute Gasteiger partial charge is 0.508 e. The van der Waals surface area contributed by atoms with Crippen LogP contribution in [0.5, 0.6) is 5.75 Å². The van der Waals surface area contributed by atoms with Crippen LogP contribution in [-0.4, -0.2) is 17.2 Å². The smallest absolute Gasteiger partial charge is 0.338 e. The Morgan fingerprint density at radius 2 is 2.31 bits per heavy atom. The van der Waals surface area contributed by atoms with E-state index in [4.69, 9.17) is 4.74 Å². The topological polar surface area (TPSA) is 46.5 Å². The van der Waals surface area contributed by atoms with Gasteiger partial charge in [0.2, 0.25) is 0 Å². The highest BCUT2D eigenvalue weighted by Crippen LogP contribution is 2.23. The third-order valence-corrected chi connectivity index (χ3v) is 2.12.